The van der Waals surface area contributed by atoms with Crippen molar-refractivity contribution in [2.24, 2.45) is 0 Å². The van der Waals surface area contributed by atoms with Gasteiger partial charge in [0.15, 0.2) is 0 Å². The minimum absolute atomic E-state index is 1.13. The molecule has 0 aliphatic heterocycles. The van der Waals surface area contributed by atoms with Gasteiger partial charge in [-0.2, -0.15) is 0 Å². The minimum atomic E-state index is 1.13. The standard InChI is InChI=1S/C62H40N2/c1-4-15-41(16-5-1)45-27-29-53-54-30-28-46(40-59(54)52-24-11-10-23-51(52)58(53)39-45)44-21-14-22-49(36-44)64-61-26-13-12-25-55(61)56-31-32-60-57(62(56)64)33-34-63(60)50-37-47(42-17-6-2-7-18-42)35-48(38-50)43-19-8-3-9-20-43/h1-40H. The molecule has 11 aromatic carbocycles. The zero-order valence-electron chi connectivity index (χ0n) is 35.0. The van der Waals surface area contributed by atoms with E-state index in [1.54, 1.807) is 0 Å². The monoisotopic (exact) mass is 812 g/mol. The van der Waals surface area contributed by atoms with E-state index in [0.29, 0.717) is 0 Å². The van der Waals surface area contributed by atoms with E-state index in [2.05, 4.69) is 252 Å². The lowest BCUT2D eigenvalue weighted by atomic mass is 9.90. The van der Waals surface area contributed by atoms with Gasteiger partial charge in [0.1, 0.15) is 0 Å². The van der Waals surface area contributed by atoms with Crippen molar-refractivity contribution >= 4 is 65.0 Å². The smallest absolute Gasteiger partial charge is 0.0635 e. The molecule has 0 aliphatic carbocycles. The molecule has 2 nitrogen and oxygen atoms in total. The first-order valence-electron chi connectivity index (χ1n) is 22.1. The van der Waals surface area contributed by atoms with Gasteiger partial charge in [-0.25, -0.2) is 0 Å². The predicted molar refractivity (Wildman–Crippen MR) is 272 cm³/mol. The van der Waals surface area contributed by atoms with Gasteiger partial charge in [0.2, 0.25) is 0 Å². The Morgan fingerprint density at radius 3 is 1.31 bits per heavy atom. The Morgan fingerprint density at radius 1 is 0.219 bits per heavy atom. The van der Waals surface area contributed by atoms with Gasteiger partial charge < -0.3 is 9.13 Å². The number of hydrogen-bond donors (Lipinski definition) is 0. The molecule has 0 aliphatic rings. The molecule has 0 saturated heterocycles. The van der Waals surface area contributed by atoms with Crippen LogP contribution in [0.25, 0.3) is 121 Å². The Hall–Kier alpha value is -8.46. The molecular formula is C62H40N2. The zero-order valence-corrected chi connectivity index (χ0v) is 35.0. The van der Waals surface area contributed by atoms with Crippen molar-refractivity contribution < 1.29 is 0 Å². The average molecular weight is 813 g/mol. The summed E-state index contributed by atoms with van der Waals surface area (Å²) in [5.74, 6) is 0. The molecule has 0 radical (unpaired) electrons. The van der Waals surface area contributed by atoms with Crippen LogP contribution in [0, 0.1) is 0 Å². The lowest BCUT2D eigenvalue weighted by molar-refractivity contribution is 1.13. The summed E-state index contributed by atoms with van der Waals surface area (Å²) in [6, 6.07) is 86.8. The summed E-state index contributed by atoms with van der Waals surface area (Å²) in [7, 11) is 0. The predicted octanol–water partition coefficient (Wildman–Crippen LogP) is 16.9. The molecule has 0 fully saturated rings. The van der Waals surface area contributed by atoms with Crippen LogP contribution in [-0.2, 0) is 0 Å². The summed E-state index contributed by atoms with van der Waals surface area (Å²) in [6.45, 7) is 0. The Balaban J connectivity index is 0.975. The van der Waals surface area contributed by atoms with E-state index < -0.39 is 0 Å². The number of hydrogen-bond acceptors (Lipinski definition) is 0. The molecule has 0 bridgehead atoms. The number of nitrogens with zero attached hydrogens (tertiary/aromatic N) is 2. The van der Waals surface area contributed by atoms with Crippen molar-refractivity contribution in [1.82, 2.24) is 9.13 Å². The molecule has 2 heterocycles. The molecular weight excluding hydrogens is 773 g/mol. The maximum absolute atomic E-state index is 2.48. The van der Waals surface area contributed by atoms with Crippen LogP contribution in [0.1, 0.15) is 0 Å². The van der Waals surface area contributed by atoms with Crippen LogP contribution >= 0.6 is 0 Å². The summed E-state index contributed by atoms with van der Waals surface area (Å²) in [5.41, 5.74) is 15.5. The lowest BCUT2D eigenvalue weighted by Crippen LogP contribution is -1.96. The fourth-order valence-corrected chi connectivity index (χ4v) is 10.3. The summed E-state index contributed by atoms with van der Waals surface area (Å²) < 4.78 is 4.84. The van der Waals surface area contributed by atoms with E-state index in [1.807, 2.05) is 0 Å². The Morgan fingerprint density at radius 2 is 0.688 bits per heavy atom. The lowest BCUT2D eigenvalue weighted by Gasteiger charge is -2.15. The number of benzene rings is 11. The molecule has 13 aromatic rings. The molecule has 0 spiro atoms. The maximum Gasteiger partial charge on any atom is 0.0635 e. The van der Waals surface area contributed by atoms with Crippen molar-refractivity contribution in [3.63, 3.8) is 0 Å². The summed E-state index contributed by atoms with van der Waals surface area (Å²) in [5, 5.41) is 11.3. The molecule has 0 N–H and O–H groups in total. The second kappa shape index (κ2) is 14.6. The number of rotatable bonds is 6. The highest BCUT2D eigenvalue weighted by Crippen LogP contribution is 2.42. The van der Waals surface area contributed by atoms with Crippen LogP contribution in [0.15, 0.2) is 243 Å². The highest BCUT2D eigenvalue weighted by atomic mass is 15.0. The van der Waals surface area contributed by atoms with Crippen LogP contribution in [-0.4, -0.2) is 9.13 Å². The number of fused-ring (bicyclic) bond motifs is 11. The van der Waals surface area contributed by atoms with Crippen molar-refractivity contribution in [1.29, 1.82) is 0 Å². The SMILES string of the molecule is c1ccc(-c2cc(-c3ccccc3)cc(-n3ccc4c3ccc3c5ccccc5n(-c5cccc(-c6ccc7c8ccc(-c9ccccc9)cc8c8ccccc8c7c6)c5)c34)c2)cc1. The van der Waals surface area contributed by atoms with Crippen LogP contribution in [0.5, 0.6) is 0 Å². The van der Waals surface area contributed by atoms with E-state index in [4.69, 9.17) is 0 Å². The van der Waals surface area contributed by atoms with E-state index in [0.717, 1.165) is 11.4 Å². The largest absolute Gasteiger partial charge is 0.316 e. The van der Waals surface area contributed by atoms with Crippen LogP contribution in [0.4, 0.5) is 0 Å². The first-order chi connectivity index (χ1) is 31.7. The summed E-state index contributed by atoms with van der Waals surface area (Å²) >= 11 is 0. The van der Waals surface area contributed by atoms with Crippen LogP contribution < -0.4 is 0 Å². The highest BCUT2D eigenvalue weighted by Gasteiger charge is 2.19. The van der Waals surface area contributed by atoms with E-state index in [1.165, 1.54) is 110 Å². The highest BCUT2D eigenvalue weighted by molar-refractivity contribution is 6.26. The van der Waals surface area contributed by atoms with Crippen molar-refractivity contribution in [3.05, 3.63) is 243 Å². The third-order valence-corrected chi connectivity index (χ3v) is 13.3. The third kappa shape index (κ3) is 5.81. The molecule has 0 unspecified atom stereocenters. The Labute approximate surface area is 371 Å². The maximum atomic E-state index is 2.48. The van der Waals surface area contributed by atoms with Crippen molar-refractivity contribution in [2.75, 3.05) is 0 Å². The first kappa shape index (κ1) is 36.2. The Bertz CT molecular complexity index is 3850. The minimum Gasteiger partial charge on any atom is -0.316 e. The molecule has 2 aromatic heterocycles. The van der Waals surface area contributed by atoms with Gasteiger partial charge in [0.25, 0.3) is 0 Å². The molecule has 64 heavy (non-hydrogen) atoms. The molecule has 0 saturated carbocycles. The molecule has 0 amide bonds. The molecule has 298 valence electrons. The number of para-hydroxylation sites is 1. The topological polar surface area (TPSA) is 9.86 Å². The van der Waals surface area contributed by atoms with Gasteiger partial charge in [0.05, 0.1) is 16.6 Å². The third-order valence-electron chi connectivity index (χ3n) is 13.3. The molecule has 13 rings (SSSR count). The van der Waals surface area contributed by atoms with Crippen LogP contribution in [0.2, 0.25) is 0 Å². The van der Waals surface area contributed by atoms with Crippen molar-refractivity contribution in [3.8, 4) is 55.9 Å². The zero-order chi connectivity index (χ0) is 42.1. The van der Waals surface area contributed by atoms with Gasteiger partial charge in [0, 0.05) is 33.7 Å². The van der Waals surface area contributed by atoms with Crippen molar-refractivity contribution in [2.45, 2.75) is 0 Å². The van der Waals surface area contributed by atoms with Gasteiger partial charge in [-0.05, 0) is 137 Å². The van der Waals surface area contributed by atoms with E-state index >= 15 is 0 Å². The fourth-order valence-electron chi connectivity index (χ4n) is 10.3. The van der Waals surface area contributed by atoms with Gasteiger partial charge in [-0.1, -0.05) is 176 Å². The fraction of sp³-hybridized carbons (Fsp3) is 0. The summed E-state index contributed by atoms with van der Waals surface area (Å²) in [4.78, 5) is 0. The van der Waals surface area contributed by atoms with E-state index in [-0.39, 0.29) is 0 Å². The summed E-state index contributed by atoms with van der Waals surface area (Å²) in [6.07, 6.45) is 2.24. The molecule has 2 heteroatoms. The first-order valence-corrected chi connectivity index (χ1v) is 22.1. The average Bonchev–Trinajstić information content (AvgIpc) is 3.97. The Kier molecular flexibility index (Phi) is 8.25. The second-order valence-corrected chi connectivity index (χ2v) is 16.9. The van der Waals surface area contributed by atoms with Gasteiger partial charge >= 0.3 is 0 Å². The van der Waals surface area contributed by atoms with Gasteiger partial charge in [-0.3, -0.25) is 0 Å². The van der Waals surface area contributed by atoms with Gasteiger partial charge in [-0.15, -0.1) is 0 Å². The second-order valence-electron chi connectivity index (χ2n) is 16.9. The van der Waals surface area contributed by atoms with Crippen LogP contribution in [0.3, 0.4) is 0 Å². The number of aromatic nitrogens is 2. The molecule has 0 atom stereocenters. The van der Waals surface area contributed by atoms with E-state index in [9.17, 15) is 0 Å². The quantitative estimate of drug-likeness (QED) is 0.148. The normalized spacial score (nSPS) is 11.8.